The Labute approximate surface area is 188 Å². The molecule has 4 heterocycles. The summed E-state index contributed by atoms with van der Waals surface area (Å²) in [5, 5.41) is 15.0. The first-order valence-electron chi connectivity index (χ1n) is 9.21. The summed E-state index contributed by atoms with van der Waals surface area (Å²) >= 11 is 2.00. The van der Waals surface area contributed by atoms with Crippen LogP contribution in [0.5, 0.6) is 0 Å². The number of thioether (sulfide) groups is 1. The van der Waals surface area contributed by atoms with E-state index in [0.717, 1.165) is 16.4 Å². The number of aliphatic carboxylic acids is 1. The number of nitrogens with zero attached hydrogens (tertiary/aromatic N) is 5. The second kappa shape index (κ2) is 8.51. The maximum Gasteiger partial charge on any atom is 0.353 e. The number of β-lactam (4-membered cyclic amide) rings is 1. The predicted octanol–water partition coefficient (Wildman–Crippen LogP) is 0.483. The number of anilines is 2. The molecular formula is C17H16N8O5S2. The fourth-order valence-corrected chi connectivity index (χ4v) is 5.02. The highest BCUT2D eigenvalue weighted by atomic mass is 32.2. The molecule has 1 fully saturated rings. The number of nitrogen functional groups attached to an aromatic ring is 2. The van der Waals surface area contributed by atoms with Crippen LogP contribution in [-0.4, -0.2) is 54.2 Å². The SMILES string of the molecule is Nc1ccc(SC2=C(C(=O)O)N3C(=O)[C@@H](NC(=O)C(N=O)c4nsc(N)n4)C3CC2)cn1. The van der Waals surface area contributed by atoms with Gasteiger partial charge in [0, 0.05) is 27.5 Å². The molecule has 0 radical (unpaired) electrons. The van der Waals surface area contributed by atoms with E-state index in [1.54, 1.807) is 12.1 Å². The molecule has 2 aromatic rings. The van der Waals surface area contributed by atoms with Gasteiger partial charge in [0.25, 0.3) is 11.8 Å². The summed E-state index contributed by atoms with van der Waals surface area (Å²) < 4.78 is 3.80. The number of nitrogens with one attached hydrogen (secondary N) is 1. The van der Waals surface area contributed by atoms with Crippen LogP contribution in [0.25, 0.3) is 0 Å². The summed E-state index contributed by atoms with van der Waals surface area (Å²) in [6.07, 6.45) is 2.31. The van der Waals surface area contributed by atoms with E-state index in [9.17, 15) is 24.4 Å². The molecule has 2 aromatic heterocycles. The van der Waals surface area contributed by atoms with Crippen LogP contribution in [0.2, 0.25) is 0 Å². The van der Waals surface area contributed by atoms with Crippen LogP contribution in [0.3, 0.4) is 0 Å². The first-order chi connectivity index (χ1) is 15.3. The normalized spacial score (nSPS) is 20.9. The van der Waals surface area contributed by atoms with Crippen molar-refractivity contribution in [3.05, 3.63) is 39.7 Å². The van der Waals surface area contributed by atoms with Crippen LogP contribution in [0.15, 0.2) is 39.0 Å². The van der Waals surface area contributed by atoms with Gasteiger partial charge in [-0.25, -0.2) is 14.8 Å². The van der Waals surface area contributed by atoms with Gasteiger partial charge < -0.3 is 21.9 Å². The van der Waals surface area contributed by atoms with E-state index in [2.05, 4.69) is 24.8 Å². The zero-order chi connectivity index (χ0) is 23.0. The number of allylic oxidation sites excluding steroid dienone is 1. The smallest absolute Gasteiger partial charge is 0.353 e. The van der Waals surface area contributed by atoms with Crippen LogP contribution >= 0.6 is 23.3 Å². The van der Waals surface area contributed by atoms with Crippen LogP contribution in [-0.2, 0) is 14.4 Å². The molecule has 32 heavy (non-hydrogen) atoms. The average Bonchev–Trinajstić information content (AvgIpc) is 3.19. The van der Waals surface area contributed by atoms with E-state index >= 15 is 0 Å². The molecule has 0 aliphatic carbocycles. The minimum Gasteiger partial charge on any atom is -0.477 e. The van der Waals surface area contributed by atoms with Crippen molar-refractivity contribution in [2.45, 2.75) is 35.9 Å². The Hall–Kier alpha value is -3.59. The van der Waals surface area contributed by atoms with E-state index in [4.69, 9.17) is 11.5 Å². The van der Waals surface area contributed by atoms with Crippen molar-refractivity contribution in [2.24, 2.45) is 5.18 Å². The molecule has 0 saturated carbocycles. The van der Waals surface area contributed by atoms with E-state index in [-0.39, 0.29) is 16.7 Å². The van der Waals surface area contributed by atoms with Gasteiger partial charge in [0.2, 0.25) is 6.04 Å². The van der Waals surface area contributed by atoms with Crippen molar-refractivity contribution in [3.8, 4) is 0 Å². The van der Waals surface area contributed by atoms with Crippen LogP contribution in [0.1, 0.15) is 24.7 Å². The fraction of sp³-hybridized carbons (Fsp3) is 0.294. The number of carbonyl (C=O) groups excluding carboxylic acids is 2. The molecule has 2 unspecified atom stereocenters. The Morgan fingerprint density at radius 2 is 2.16 bits per heavy atom. The van der Waals surface area contributed by atoms with Gasteiger partial charge >= 0.3 is 5.97 Å². The molecule has 0 spiro atoms. The summed E-state index contributed by atoms with van der Waals surface area (Å²) in [5.74, 6) is -2.53. The minimum absolute atomic E-state index is 0.0668. The topological polar surface area (TPSA) is 207 Å². The third-order valence-corrected chi connectivity index (χ3v) is 6.63. The Bertz CT molecular complexity index is 1130. The van der Waals surface area contributed by atoms with Gasteiger partial charge in [0.15, 0.2) is 11.0 Å². The van der Waals surface area contributed by atoms with Gasteiger partial charge in [0.05, 0.1) is 6.04 Å². The van der Waals surface area contributed by atoms with E-state index in [0.29, 0.717) is 28.5 Å². The Kier molecular flexibility index (Phi) is 5.75. The first kappa shape index (κ1) is 21.6. The van der Waals surface area contributed by atoms with Crippen LogP contribution in [0, 0.1) is 4.91 Å². The molecule has 0 bridgehead atoms. The molecular weight excluding hydrogens is 460 g/mol. The molecule has 13 nitrogen and oxygen atoms in total. The number of pyridine rings is 1. The van der Waals surface area contributed by atoms with E-state index < -0.39 is 35.9 Å². The molecule has 1 saturated heterocycles. The van der Waals surface area contributed by atoms with Crippen molar-refractivity contribution in [1.29, 1.82) is 0 Å². The third-order valence-electron chi connectivity index (χ3n) is 4.95. The summed E-state index contributed by atoms with van der Waals surface area (Å²) in [5.41, 5.74) is 10.9. The number of fused-ring (bicyclic) bond motifs is 1. The van der Waals surface area contributed by atoms with Gasteiger partial charge in [0.1, 0.15) is 17.6 Å². The number of nitrogens with two attached hydrogens (primary N) is 2. The molecule has 4 rings (SSSR count). The maximum atomic E-state index is 12.8. The summed E-state index contributed by atoms with van der Waals surface area (Å²) in [6, 6.07) is 0.192. The molecule has 0 aromatic carbocycles. The van der Waals surface area contributed by atoms with Crippen LogP contribution < -0.4 is 16.8 Å². The van der Waals surface area contributed by atoms with Crippen molar-refractivity contribution < 1.29 is 19.5 Å². The van der Waals surface area contributed by atoms with Gasteiger partial charge in [-0.05, 0) is 30.2 Å². The molecule has 6 N–H and O–H groups in total. The lowest BCUT2D eigenvalue weighted by molar-refractivity contribution is -0.156. The number of amides is 2. The fourth-order valence-electron chi connectivity index (χ4n) is 3.53. The lowest BCUT2D eigenvalue weighted by Gasteiger charge is -2.50. The zero-order valence-electron chi connectivity index (χ0n) is 16.2. The van der Waals surface area contributed by atoms with Gasteiger partial charge in [-0.15, -0.1) is 4.91 Å². The number of nitroso groups, excluding NO2 is 1. The number of hydrogen-bond donors (Lipinski definition) is 4. The number of carboxylic acids is 1. The summed E-state index contributed by atoms with van der Waals surface area (Å²) in [6.45, 7) is 0. The summed E-state index contributed by atoms with van der Waals surface area (Å²) in [7, 11) is 0. The average molecular weight is 477 g/mol. The first-order valence-corrected chi connectivity index (χ1v) is 10.8. The van der Waals surface area contributed by atoms with Crippen molar-refractivity contribution in [3.63, 3.8) is 0 Å². The highest BCUT2D eigenvalue weighted by molar-refractivity contribution is 8.03. The van der Waals surface area contributed by atoms with Gasteiger partial charge in [-0.2, -0.15) is 4.37 Å². The third kappa shape index (κ3) is 3.87. The van der Waals surface area contributed by atoms with E-state index in [1.807, 2.05) is 0 Å². The number of hydrogen-bond acceptors (Lipinski definition) is 12. The second-order valence-electron chi connectivity index (χ2n) is 6.90. The number of carbonyl (C=O) groups is 3. The van der Waals surface area contributed by atoms with Crippen molar-refractivity contribution >= 4 is 52.0 Å². The van der Waals surface area contributed by atoms with Gasteiger partial charge in [-0.1, -0.05) is 11.8 Å². The molecule has 15 heteroatoms. The quantitative estimate of drug-likeness (QED) is 0.319. The molecule has 2 aliphatic rings. The molecule has 3 atom stereocenters. The lowest BCUT2D eigenvalue weighted by Crippen LogP contribution is -2.71. The van der Waals surface area contributed by atoms with Crippen LogP contribution in [0.4, 0.5) is 10.9 Å². The van der Waals surface area contributed by atoms with Crippen molar-refractivity contribution in [1.82, 2.24) is 24.6 Å². The molecule has 166 valence electrons. The second-order valence-corrected chi connectivity index (χ2v) is 8.85. The minimum atomic E-state index is -1.56. The van der Waals surface area contributed by atoms with Gasteiger partial charge in [-0.3, -0.25) is 14.5 Å². The predicted molar refractivity (Wildman–Crippen MR) is 114 cm³/mol. The Morgan fingerprint density at radius 3 is 2.75 bits per heavy atom. The summed E-state index contributed by atoms with van der Waals surface area (Å²) in [4.78, 5) is 58.5. The lowest BCUT2D eigenvalue weighted by atomic mass is 9.86. The number of carboxylic acid groups (broad SMARTS) is 1. The van der Waals surface area contributed by atoms with E-state index in [1.165, 1.54) is 18.0 Å². The Balaban J connectivity index is 1.51. The monoisotopic (exact) mass is 476 g/mol. The largest absolute Gasteiger partial charge is 0.477 e. The highest BCUT2D eigenvalue weighted by Crippen LogP contribution is 2.43. The molecule has 2 amide bonds. The highest BCUT2D eigenvalue weighted by Gasteiger charge is 2.54. The number of rotatable bonds is 7. The Morgan fingerprint density at radius 1 is 1.38 bits per heavy atom. The zero-order valence-corrected chi connectivity index (χ0v) is 17.8. The molecule has 2 aliphatic heterocycles. The maximum absolute atomic E-state index is 12.8. The van der Waals surface area contributed by atoms with Crippen molar-refractivity contribution in [2.75, 3.05) is 11.5 Å². The number of aromatic nitrogens is 3. The standard InChI is InChI=1S/C17H16N8O5S2/c18-9-4-1-6(5-20-9)31-8-3-2-7-10(15(27)25(7)12(8)16(28)29)21-14(26)11(23-30)13-22-17(19)32-24-13/h1,4-5,7,10-11H,2-3H2,(H2,18,20)(H,21,26)(H,28,29)(H2,19,22,24)/t7?,10-,11?/m0/s1.